The van der Waals surface area contributed by atoms with E-state index in [1.54, 1.807) is 46.9 Å². The number of hydrogen-bond donors (Lipinski definition) is 0. The molecule has 110 valence electrons. The molecule has 1 heterocycles. The standard InChI is InChI=1S/C16H19F2IO/c1-2-3-4-8-11-13-14(19)16(17,18)15(20-13)12-9-6-5-7-10-12/h5-7,9-10,15H,2-4,8,11H2,1H3. The minimum Gasteiger partial charge on any atom is -0.482 e. The number of alkyl halides is 2. The van der Waals surface area contributed by atoms with Crippen molar-refractivity contribution in [1.82, 2.24) is 0 Å². The summed E-state index contributed by atoms with van der Waals surface area (Å²) in [6.45, 7) is 2.13. The van der Waals surface area contributed by atoms with Gasteiger partial charge in [-0.3, -0.25) is 0 Å². The molecular formula is C16H19F2IO. The van der Waals surface area contributed by atoms with Crippen molar-refractivity contribution in [3.8, 4) is 0 Å². The molecule has 1 unspecified atom stereocenters. The van der Waals surface area contributed by atoms with Crippen molar-refractivity contribution in [3.63, 3.8) is 0 Å². The second-order valence-electron chi connectivity index (χ2n) is 5.08. The molecule has 0 radical (unpaired) electrons. The highest BCUT2D eigenvalue weighted by atomic mass is 127. The summed E-state index contributed by atoms with van der Waals surface area (Å²) in [6, 6.07) is 8.74. The van der Waals surface area contributed by atoms with Gasteiger partial charge in [0.25, 0.3) is 0 Å². The number of rotatable bonds is 6. The molecule has 2 rings (SSSR count). The lowest BCUT2D eigenvalue weighted by Gasteiger charge is -2.19. The van der Waals surface area contributed by atoms with Crippen molar-refractivity contribution in [1.29, 1.82) is 0 Å². The molecule has 0 aromatic heterocycles. The van der Waals surface area contributed by atoms with Crippen molar-refractivity contribution in [2.24, 2.45) is 0 Å². The van der Waals surface area contributed by atoms with Gasteiger partial charge in [0.2, 0.25) is 0 Å². The van der Waals surface area contributed by atoms with Crippen LogP contribution >= 0.6 is 22.6 Å². The monoisotopic (exact) mass is 392 g/mol. The predicted molar refractivity (Wildman–Crippen MR) is 85.0 cm³/mol. The Labute approximate surface area is 132 Å². The predicted octanol–water partition coefficient (Wildman–Crippen LogP) is 6.01. The second kappa shape index (κ2) is 6.87. The molecular weight excluding hydrogens is 373 g/mol. The summed E-state index contributed by atoms with van der Waals surface area (Å²) >= 11 is 1.74. The Kier molecular flexibility index (Phi) is 5.41. The van der Waals surface area contributed by atoms with E-state index in [1.165, 1.54) is 0 Å². The zero-order chi connectivity index (χ0) is 14.6. The van der Waals surface area contributed by atoms with Crippen molar-refractivity contribution in [2.45, 2.75) is 51.1 Å². The van der Waals surface area contributed by atoms with E-state index in [0.717, 1.165) is 25.7 Å². The van der Waals surface area contributed by atoms with Gasteiger partial charge < -0.3 is 4.74 Å². The zero-order valence-electron chi connectivity index (χ0n) is 11.5. The molecule has 1 aromatic carbocycles. The maximum Gasteiger partial charge on any atom is 0.322 e. The highest BCUT2D eigenvalue weighted by molar-refractivity contribution is 14.1. The van der Waals surface area contributed by atoms with Crippen LogP contribution in [0.3, 0.4) is 0 Å². The molecule has 4 heteroatoms. The molecule has 0 fully saturated rings. The van der Waals surface area contributed by atoms with Crippen molar-refractivity contribution in [3.05, 3.63) is 45.2 Å². The maximum atomic E-state index is 14.3. The molecule has 0 aliphatic carbocycles. The lowest BCUT2D eigenvalue weighted by atomic mass is 10.0. The van der Waals surface area contributed by atoms with E-state index in [4.69, 9.17) is 4.74 Å². The molecule has 1 aliphatic rings. The van der Waals surface area contributed by atoms with Crippen LogP contribution in [0.1, 0.15) is 50.7 Å². The summed E-state index contributed by atoms with van der Waals surface area (Å²) < 4.78 is 34.3. The largest absolute Gasteiger partial charge is 0.482 e. The van der Waals surface area contributed by atoms with Crippen molar-refractivity contribution < 1.29 is 13.5 Å². The van der Waals surface area contributed by atoms with E-state index >= 15 is 0 Å². The van der Waals surface area contributed by atoms with Crippen LogP contribution in [-0.2, 0) is 4.74 Å². The molecule has 0 saturated heterocycles. The minimum atomic E-state index is -2.91. The van der Waals surface area contributed by atoms with Gasteiger partial charge in [-0.15, -0.1) is 0 Å². The van der Waals surface area contributed by atoms with Crippen LogP contribution in [-0.4, -0.2) is 5.92 Å². The van der Waals surface area contributed by atoms with Gasteiger partial charge in [0.1, 0.15) is 9.34 Å². The van der Waals surface area contributed by atoms with Crippen LogP contribution in [0.4, 0.5) is 8.78 Å². The first-order valence-corrected chi connectivity index (χ1v) is 8.13. The zero-order valence-corrected chi connectivity index (χ0v) is 13.7. The average Bonchev–Trinajstić information content (AvgIpc) is 2.68. The van der Waals surface area contributed by atoms with Crippen LogP contribution in [0, 0.1) is 0 Å². The fourth-order valence-electron chi connectivity index (χ4n) is 2.36. The number of halogens is 3. The normalized spacial score (nSPS) is 21.1. The minimum absolute atomic E-state index is 0.0699. The van der Waals surface area contributed by atoms with E-state index in [0.29, 0.717) is 17.7 Å². The van der Waals surface area contributed by atoms with E-state index in [1.807, 2.05) is 6.07 Å². The van der Waals surface area contributed by atoms with Crippen LogP contribution in [0.25, 0.3) is 0 Å². The molecule has 1 aromatic rings. The van der Waals surface area contributed by atoms with E-state index in [-0.39, 0.29) is 3.58 Å². The molecule has 1 atom stereocenters. The van der Waals surface area contributed by atoms with Gasteiger partial charge in [-0.2, -0.15) is 8.78 Å². The van der Waals surface area contributed by atoms with Crippen molar-refractivity contribution >= 4 is 22.6 Å². The molecule has 0 amide bonds. The molecule has 0 N–H and O–H groups in total. The molecule has 0 spiro atoms. The fourth-order valence-corrected chi connectivity index (χ4v) is 3.03. The number of hydrogen-bond acceptors (Lipinski definition) is 1. The van der Waals surface area contributed by atoms with Crippen LogP contribution in [0.2, 0.25) is 0 Å². The fraction of sp³-hybridized carbons (Fsp3) is 0.500. The van der Waals surface area contributed by atoms with Crippen LogP contribution in [0.5, 0.6) is 0 Å². The first kappa shape index (κ1) is 15.7. The highest BCUT2D eigenvalue weighted by Crippen LogP contribution is 2.51. The Morgan fingerprint density at radius 3 is 2.50 bits per heavy atom. The third-order valence-corrected chi connectivity index (χ3v) is 4.81. The van der Waals surface area contributed by atoms with Gasteiger partial charge in [0.05, 0.1) is 0 Å². The van der Waals surface area contributed by atoms with E-state index in [2.05, 4.69) is 6.92 Å². The first-order chi connectivity index (χ1) is 9.57. The third kappa shape index (κ3) is 3.32. The van der Waals surface area contributed by atoms with E-state index < -0.39 is 12.0 Å². The maximum absolute atomic E-state index is 14.3. The average molecular weight is 392 g/mol. The Morgan fingerprint density at radius 2 is 1.85 bits per heavy atom. The first-order valence-electron chi connectivity index (χ1n) is 7.06. The Morgan fingerprint density at radius 1 is 1.15 bits per heavy atom. The lowest BCUT2D eigenvalue weighted by Crippen LogP contribution is -2.22. The number of allylic oxidation sites excluding steroid dienone is 1. The molecule has 1 aliphatic heterocycles. The van der Waals surface area contributed by atoms with Crippen LogP contribution < -0.4 is 0 Å². The van der Waals surface area contributed by atoms with Crippen LogP contribution in [0.15, 0.2) is 39.7 Å². The SMILES string of the molecule is CCCCCCC1=C(I)C(F)(F)C(c2ccccc2)O1. The van der Waals surface area contributed by atoms with Crippen molar-refractivity contribution in [2.75, 3.05) is 0 Å². The Hall–Kier alpha value is -0.650. The second-order valence-corrected chi connectivity index (χ2v) is 6.16. The number of ether oxygens (including phenoxy) is 1. The van der Waals surface area contributed by atoms with E-state index in [9.17, 15) is 8.78 Å². The number of unbranched alkanes of at least 4 members (excludes halogenated alkanes) is 3. The summed E-state index contributed by atoms with van der Waals surface area (Å²) in [4.78, 5) is 0. The summed E-state index contributed by atoms with van der Waals surface area (Å²) in [5.74, 6) is -2.44. The lowest BCUT2D eigenvalue weighted by molar-refractivity contribution is -0.0587. The number of benzene rings is 1. The third-order valence-electron chi connectivity index (χ3n) is 3.49. The van der Waals surface area contributed by atoms with Gasteiger partial charge in [-0.1, -0.05) is 56.5 Å². The van der Waals surface area contributed by atoms with Gasteiger partial charge in [-0.25, -0.2) is 0 Å². The highest BCUT2D eigenvalue weighted by Gasteiger charge is 2.52. The Balaban J connectivity index is 2.07. The molecule has 0 bridgehead atoms. The van der Waals surface area contributed by atoms with Gasteiger partial charge >= 0.3 is 5.92 Å². The summed E-state index contributed by atoms with van der Waals surface area (Å²) in [5, 5.41) is 0. The van der Waals surface area contributed by atoms with Gasteiger partial charge in [-0.05, 0) is 34.6 Å². The van der Waals surface area contributed by atoms with Gasteiger partial charge in [0, 0.05) is 6.42 Å². The quantitative estimate of drug-likeness (QED) is 0.426. The molecule has 20 heavy (non-hydrogen) atoms. The summed E-state index contributed by atoms with van der Waals surface area (Å²) in [5.41, 5.74) is 0.537. The topological polar surface area (TPSA) is 9.23 Å². The molecule has 1 nitrogen and oxygen atoms in total. The molecule has 0 saturated carbocycles. The smallest absolute Gasteiger partial charge is 0.322 e. The summed E-state index contributed by atoms with van der Waals surface area (Å²) in [7, 11) is 0. The van der Waals surface area contributed by atoms with Gasteiger partial charge in [0.15, 0.2) is 6.10 Å². The summed E-state index contributed by atoms with van der Waals surface area (Å²) in [6.07, 6.45) is 3.69. The Bertz CT molecular complexity index is 471.